The molecule has 4 amide bonds. The largest absolute Gasteiger partial charge is 0.349 e. The van der Waals surface area contributed by atoms with Crippen molar-refractivity contribution in [3.8, 4) is 0 Å². The maximum Gasteiger partial charge on any atom is 0.325 e. The molecule has 158 valence electrons. The molecule has 1 saturated heterocycles. The van der Waals surface area contributed by atoms with Crippen LogP contribution in [0, 0.1) is 11.7 Å². The normalized spacial score (nSPS) is 21.4. The van der Waals surface area contributed by atoms with Gasteiger partial charge in [0.05, 0.1) is 6.04 Å². The van der Waals surface area contributed by atoms with E-state index in [9.17, 15) is 18.8 Å². The second-order valence-corrected chi connectivity index (χ2v) is 8.38. The van der Waals surface area contributed by atoms with E-state index in [1.807, 2.05) is 13.8 Å². The molecule has 6 nitrogen and oxygen atoms in total. The van der Waals surface area contributed by atoms with E-state index in [0.29, 0.717) is 0 Å². The smallest absolute Gasteiger partial charge is 0.325 e. The van der Waals surface area contributed by atoms with E-state index in [-0.39, 0.29) is 54.5 Å². The highest BCUT2D eigenvalue weighted by atomic mass is 19.1. The highest BCUT2D eigenvalue weighted by Gasteiger charge is 2.42. The van der Waals surface area contributed by atoms with Crippen molar-refractivity contribution in [1.82, 2.24) is 15.5 Å². The fourth-order valence-corrected chi connectivity index (χ4v) is 4.26. The fraction of sp³-hybridized carbons (Fsp3) is 0.591. The molecule has 1 aliphatic heterocycles. The number of imide groups is 1. The third-order valence-corrected chi connectivity index (χ3v) is 5.86. The van der Waals surface area contributed by atoms with Gasteiger partial charge in [-0.3, -0.25) is 14.5 Å². The van der Waals surface area contributed by atoms with E-state index in [4.69, 9.17) is 0 Å². The number of hydrogen-bond acceptors (Lipinski definition) is 3. The molecule has 2 fully saturated rings. The quantitative estimate of drug-likeness (QED) is 0.682. The van der Waals surface area contributed by atoms with E-state index in [1.165, 1.54) is 17.0 Å². The SMILES string of the molecule is CC(C)[C@H](NC(=O)CC[C@H]1NC(=O)N(C2CCCCC2)C1=O)c1ccc(F)cc1. The molecular weight excluding hydrogens is 373 g/mol. The lowest BCUT2D eigenvalue weighted by Crippen LogP contribution is -2.42. The third-order valence-electron chi connectivity index (χ3n) is 5.86. The van der Waals surface area contributed by atoms with Gasteiger partial charge in [-0.2, -0.15) is 0 Å². The molecule has 2 N–H and O–H groups in total. The molecule has 29 heavy (non-hydrogen) atoms. The van der Waals surface area contributed by atoms with Crippen molar-refractivity contribution in [3.05, 3.63) is 35.6 Å². The summed E-state index contributed by atoms with van der Waals surface area (Å²) in [5, 5.41) is 5.71. The first-order valence-corrected chi connectivity index (χ1v) is 10.5. The summed E-state index contributed by atoms with van der Waals surface area (Å²) in [6.45, 7) is 3.97. The standard InChI is InChI=1S/C22H30FN3O3/c1-14(2)20(15-8-10-16(23)11-9-15)25-19(27)13-12-18-21(28)26(22(29)24-18)17-6-4-3-5-7-17/h8-11,14,17-18,20H,3-7,12-13H2,1-2H3,(H,24,29)(H,25,27)/t18-,20+/m1/s1. The Morgan fingerprint density at radius 2 is 1.83 bits per heavy atom. The molecule has 1 saturated carbocycles. The van der Waals surface area contributed by atoms with Crippen molar-refractivity contribution in [2.24, 2.45) is 5.92 Å². The number of amides is 4. The number of urea groups is 1. The van der Waals surface area contributed by atoms with Crippen LogP contribution in [0.25, 0.3) is 0 Å². The topological polar surface area (TPSA) is 78.5 Å². The summed E-state index contributed by atoms with van der Waals surface area (Å²) in [7, 11) is 0. The number of carbonyl (C=O) groups excluding carboxylic acids is 3. The summed E-state index contributed by atoms with van der Waals surface area (Å²) in [6.07, 6.45) is 5.35. The summed E-state index contributed by atoms with van der Waals surface area (Å²) in [6, 6.07) is 4.87. The molecule has 2 aliphatic rings. The van der Waals surface area contributed by atoms with Crippen molar-refractivity contribution in [1.29, 1.82) is 0 Å². The Labute approximate surface area is 171 Å². The lowest BCUT2D eigenvalue weighted by atomic mass is 9.94. The van der Waals surface area contributed by atoms with Crippen molar-refractivity contribution in [2.75, 3.05) is 0 Å². The lowest BCUT2D eigenvalue weighted by molar-refractivity contribution is -0.129. The monoisotopic (exact) mass is 403 g/mol. The van der Waals surface area contributed by atoms with Crippen LogP contribution in [-0.4, -0.2) is 34.8 Å². The van der Waals surface area contributed by atoms with Gasteiger partial charge in [-0.05, 0) is 42.9 Å². The molecule has 0 aromatic heterocycles. The second kappa shape index (κ2) is 9.37. The Morgan fingerprint density at radius 1 is 1.17 bits per heavy atom. The van der Waals surface area contributed by atoms with Gasteiger partial charge >= 0.3 is 6.03 Å². The third kappa shape index (κ3) is 5.14. The van der Waals surface area contributed by atoms with Crippen molar-refractivity contribution in [3.63, 3.8) is 0 Å². The second-order valence-electron chi connectivity index (χ2n) is 8.38. The predicted octanol–water partition coefficient (Wildman–Crippen LogP) is 3.67. The lowest BCUT2D eigenvalue weighted by Gasteiger charge is -2.28. The molecule has 0 unspecified atom stereocenters. The molecule has 1 aromatic carbocycles. The number of halogens is 1. The molecule has 0 spiro atoms. The van der Waals surface area contributed by atoms with Crippen LogP contribution < -0.4 is 10.6 Å². The number of carbonyl (C=O) groups is 3. The summed E-state index contributed by atoms with van der Waals surface area (Å²) in [5.74, 6) is -0.598. The number of benzene rings is 1. The average Bonchev–Trinajstić information content (AvgIpc) is 2.99. The van der Waals surface area contributed by atoms with Crippen LogP contribution in [0.3, 0.4) is 0 Å². The number of nitrogens with zero attached hydrogens (tertiary/aromatic N) is 1. The maximum absolute atomic E-state index is 13.2. The first-order valence-electron chi connectivity index (χ1n) is 10.5. The van der Waals surface area contributed by atoms with Gasteiger partial charge in [0, 0.05) is 12.5 Å². The van der Waals surface area contributed by atoms with Gasteiger partial charge < -0.3 is 10.6 Å². The molecule has 0 radical (unpaired) electrons. The van der Waals surface area contributed by atoms with Gasteiger partial charge in [0.1, 0.15) is 11.9 Å². The minimum atomic E-state index is -0.640. The summed E-state index contributed by atoms with van der Waals surface area (Å²) in [5.41, 5.74) is 0.837. The molecule has 7 heteroatoms. The summed E-state index contributed by atoms with van der Waals surface area (Å²) in [4.78, 5) is 38.8. The summed E-state index contributed by atoms with van der Waals surface area (Å²) < 4.78 is 13.2. The Hall–Kier alpha value is -2.44. The molecular formula is C22H30FN3O3. The fourth-order valence-electron chi connectivity index (χ4n) is 4.26. The van der Waals surface area contributed by atoms with Crippen LogP contribution in [0.15, 0.2) is 24.3 Å². The molecule has 3 rings (SSSR count). The van der Waals surface area contributed by atoms with Gasteiger partial charge in [-0.15, -0.1) is 0 Å². The molecule has 0 bridgehead atoms. The first-order chi connectivity index (χ1) is 13.9. The van der Waals surface area contributed by atoms with Crippen LogP contribution in [0.2, 0.25) is 0 Å². The van der Waals surface area contributed by atoms with Gasteiger partial charge in [0.15, 0.2) is 0 Å². The summed E-state index contributed by atoms with van der Waals surface area (Å²) >= 11 is 0. The van der Waals surface area contributed by atoms with Crippen molar-refractivity contribution >= 4 is 17.8 Å². The molecule has 1 heterocycles. The first kappa shape index (κ1) is 21.3. The zero-order valence-corrected chi connectivity index (χ0v) is 17.1. The maximum atomic E-state index is 13.2. The highest BCUT2D eigenvalue weighted by Crippen LogP contribution is 2.26. The van der Waals surface area contributed by atoms with Gasteiger partial charge in [-0.25, -0.2) is 9.18 Å². The Morgan fingerprint density at radius 3 is 2.45 bits per heavy atom. The number of hydrogen-bond donors (Lipinski definition) is 2. The number of nitrogens with one attached hydrogen (secondary N) is 2. The van der Waals surface area contributed by atoms with E-state index >= 15 is 0 Å². The van der Waals surface area contributed by atoms with E-state index in [2.05, 4.69) is 10.6 Å². The molecule has 2 atom stereocenters. The predicted molar refractivity (Wildman–Crippen MR) is 107 cm³/mol. The van der Waals surface area contributed by atoms with Gasteiger partial charge in [0.25, 0.3) is 5.91 Å². The van der Waals surface area contributed by atoms with Crippen LogP contribution in [0.5, 0.6) is 0 Å². The Bertz CT molecular complexity index is 744. The van der Waals surface area contributed by atoms with E-state index in [1.54, 1.807) is 12.1 Å². The molecule has 1 aromatic rings. The van der Waals surface area contributed by atoms with Crippen LogP contribution in [0.1, 0.15) is 70.4 Å². The van der Waals surface area contributed by atoms with Crippen LogP contribution in [-0.2, 0) is 9.59 Å². The van der Waals surface area contributed by atoms with Gasteiger partial charge in [0.2, 0.25) is 5.91 Å². The van der Waals surface area contributed by atoms with Crippen molar-refractivity contribution < 1.29 is 18.8 Å². The molecule has 1 aliphatic carbocycles. The zero-order valence-electron chi connectivity index (χ0n) is 17.1. The highest BCUT2D eigenvalue weighted by molar-refractivity contribution is 6.04. The minimum absolute atomic E-state index is 0.0149. The van der Waals surface area contributed by atoms with Crippen LogP contribution in [0.4, 0.5) is 9.18 Å². The van der Waals surface area contributed by atoms with E-state index in [0.717, 1.165) is 37.7 Å². The van der Waals surface area contributed by atoms with Gasteiger partial charge in [-0.1, -0.05) is 45.2 Å². The zero-order chi connectivity index (χ0) is 21.0. The van der Waals surface area contributed by atoms with Crippen molar-refractivity contribution in [2.45, 2.75) is 76.9 Å². The average molecular weight is 403 g/mol. The van der Waals surface area contributed by atoms with E-state index < -0.39 is 6.04 Å². The Balaban J connectivity index is 1.55. The number of rotatable bonds is 7. The minimum Gasteiger partial charge on any atom is -0.349 e. The Kier molecular flexibility index (Phi) is 6.87. The van der Waals surface area contributed by atoms with Crippen LogP contribution >= 0.6 is 0 Å².